The normalized spacial score (nSPS) is 14.7. The summed E-state index contributed by atoms with van der Waals surface area (Å²) in [6.45, 7) is 1.72. The number of furan rings is 1. The smallest absolute Gasteiger partial charge is 0.289 e. The summed E-state index contributed by atoms with van der Waals surface area (Å²) in [4.78, 5) is 31.2. The molecule has 0 saturated carbocycles. The van der Waals surface area contributed by atoms with Crippen LogP contribution in [0.5, 0.6) is 0 Å². The molecule has 0 unspecified atom stereocenters. The highest BCUT2D eigenvalue weighted by Crippen LogP contribution is 2.23. The van der Waals surface area contributed by atoms with E-state index in [-0.39, 0.29) is 17.7 Å². The molecule has 0 spiro atoms. The second-order valence-corrected chi connectivity index (χ2v) is 7.95. The third-order valence-corrected chi connectivity index (χ3v) is 6.08. The van der Waals surface area contributed by atoms with Crippen LogP contribution in [-0.4, -0.2) is 41.3 Å². The van der Waals surface area contributed by atoms with Crippen LogP contribution in [0.4, 0.5) is 0 Å². The van der Waals surface area contributed by atoms with Crippen LogP contribution in [0.25, 0.3) is 10.6 Å². The molecule has 2 aromatic heterocycles. The van der Waals surface area contributed by atoms with Crippen molar-refractivity contribution in [2.45, 2.75) is 19.3 Å². The number of hydrogen-bond donors (Lipinski definition) is 1. The zero-order valence-corrected chi connectivity index (χ0v) is 16.9. The Hall–Kier alpha value is -2.93. The number of piperidine rings is 1. The maximum Gasteiger partial charge on any atom is 0.289 e. The molecule has 150 valence electrons. The van der Waals surface area contributed by atoms with Crippen molar-refractivity contribution in [3.8, 4) is 10.6 Å². The number of thiazole rings is 1. The summed E-state index contributed by atoms with van der Waals surface area (Å²) in [7, 11) is 0. The first-order chi connectivity index (χ1) is 14.2. The van der Waals surface area contributed by atoms with Crippen molar-refractivity contribution < 1.29 is 14.0 Å². The van der Waals surface area contributed by atoms with Gasteiger partial charge in [0.1, 0.15) is 5.01 Å². The molecular weight excluding hydrogens is 386 g/mol. The van der Waals surface area contributed by atoms with Crippen LogP contribution >= 0.6 is 11.3 Å². The van der Waals surface area contributed by atoms with Crippen LogP contribution < -0.4 is 5.32 Å². The minimum Gasteiger partial charge on any atom is -0.459 e. The van der Waals surface area contributed by atoms with E-state index in [9.17, 15) is 9.59 Å². The van der Waals surface area contributed by atoms with Gasteiger partial charge in [-0.1, -0.05) is 30.3 Å². The molecule has 3 heterocycles. The minimum absolute atomic E-state index is 0.0500. The Morgan fingerprint density at radius 3 is 2.66 bits per heavy atom. The van der Waals surface area contributed by atoms with Crippen LogP contribution in [0.2, 0.25) is 0 Å². The van der Waals surface area contributed by atoms with Crippen molar-refractivity contribution in [3.05, 3.63) is 65.6 Å². The predicted molar refractivity (Wildman–Crippen MR) is 112 cm³/mol. The van der Waals surface area contributed by atoms with E-state index in [1.54, 1.807) is 28.4 Å². The topological polar surface area (TPSA) is 75.4 Å². The number of carbonyl (C=O) groups is 2. The van der Waals surface area contributed by atoms with Gasteiger partial charge in [0.05, 0.1) is 12.0 Å². The first kappa shape index (κ1) is 19.4. The number of aromatic nitrogens is 1. The molecule has 0 aliphatic carbocycles. The molecule has 1 aromatic carbocycles. The van der Waals surface area contributed by atoms with Crippen molar-refractivity contribution in [1.29, 1.82) is 0 Å². The summed E-state index contributed by atoms with van der Waals surface area (Å²) in [5.41, 5.74) is 2.11. The second-order valence-electron chi connectivity index (χ2n) is 7.09. The highest BCUT2D eigenvalue weighted by Gasteiger charge is 2.28. The van der Waals surface area contributed by atoms with Crippen molar-refractivity contribution >= 4 is 23.2 Å². The van der Waals surface area contributed by atoms with E-state index in [0.717, 1.165) is 16.3 Å². The zero-order chi connectivity index (χ0) is 20.1. The van der Waals surface area contributed by atoms with E-state index >= 15 is 0 Å². The van der Waals surface area contributed by atoms with Gasteiger partial charge in [-0.3, -0.25) is 9.59 Å². The number of amides is 2. The lowest BCUT2D eigenvalue weighted by Gasteiger charge is -2.30. The molecule has 0 atom stereocenters. The SMILES string of the molecule is O=C(NCCc1csc(-c2ccccc2)n1)C1CCN(C(=O)c2ccco2)CC1. The van der Waals surface area contributed by atoms with Gasteiger partial charge in [0, 0.05) is 42.9 Å². The van der Waals surface area contributed by atoms with Gasteiger partial charge in [-0.15, -0.1) is 11.3 Å². The Balaban J connectivity index is 1.21. The quantitative estimate of drug-likeness (QED) is 0.675. The van der Waals surface area contributed by atoms with Gasteiger partial charge in [-0.2, -0.15) is 0 Å². The third kappa shape index (κ3) is 4.74. The van der Waals surface area contributed by atoms with E-state index in [2.05, 4.69) is 10.3 Å². The van der Waals surface area contributed by atoms with Crippen molar-refractivity contribution in [2.24, 2.45) is 5.92 Å². The van der Waals surface area contributed by atoms with Crippen molar-refractivity contribution in [3.63, 3.8) is 0 Å². The van der Waals surface area contributed by atoms with Gasteiger partial charge in [0.2, 0.25) is 5.91 Å². The Bertz CT molecular complexity index is 945. The van der Waals surface area contributed by atoms with Crippen LogP contribution in [0.1, 0.15) is 29.1 Å². The summed E-state index contributed by atoms with van der Waals surface area (Å²) < 4.78 is 5.17. The first-order valence-electron chi connectivity index (χ1n) is 9.81. The average Bonchev–Trinajstić information content (AvgIpc) is 3.46. The van der Waals surface area contributed by atoms with Crippen molar-refractivity contribution in [1.82, 2.24) is 15.2 Å². The average molecular weight is 410 g/mol. The standard InChI is InChI=1S/C22H23N3O3S/c26-20(16-9-12-25(13-10-16)22(27)19-7-4-14-28-19)23-11-8-18-15-29-21(24-18)17-5-2-1-3-6-17/h1-7,14-16H,8-13H2,(H,23,26). The third-order valence-electron chi connectivity index (χ3n) is 5.14. The number of carbonyl (C=O) groups excluding carboxylic acids is 2. The van der Waals surface area contributed by atoms with Crippen LogP contribution in [0.3, 0.4) is 0 Å². The number of rotatable bonds is 6. The maximum atomic E-state index is 12.5. The molecule has 4 rings (SSSR count). The van der Waals surface area contributed by atoms with Gasteiger partial charge < -0.3 is 14.6 Å². The highest BCUT2D eigenvalue weighted by molar-refractivity contribution is 7.13. The number of hydrogen-bond acceptors (Lipinski definition) is 5. The fourth-order valence-corrected chi connectivity index (χ4v) is 4.35. The Morgan fingerprint density at radius 2 is 1.93 bits per heavy atom. The lowest BCUT2D eigenvalue weighted by atomic mass is 9.95. The monoisotopic (exact) mass is 409 g/mol. The molecule has 1 aliphatic rings. The number of benzene rings is 1. The van der Waals surface area contributed by atoms with Gasteiger partial charge in [0.15, 0.2) is 5.76 Å². The molecule has 1 fully saturated rings. The minimum atomic E-state index is -0.105. The Kier molecular flexibility index (Phi) is 6.05. The Morgan fingerprint density at radius 1 is 1.14 bits per heavy atom. The summed E-state index contributed by atoms with van der Waals surface area (Å²) in [5, 5.41) is 6.07. The fourth-order valence-electron chi connectivity index (χ4n) is 3.49. The largest absolute Gasteiger partial charge is 0.459 e. The zero-order valence-electron chi connectivity index (χ0n) is 16.0. The molecule has 0 bridgehead atoms. The molecule has 2 amide bonds. The molecular formula is C22H23N3O3S. The Labute approximate surface area is 173 Å². The van der Waals surface area contributed by atoms with E-state index in [1.165, 1.54) is 6.26 Å². The molecule has 1 saturated heterocycles. The fraction of sp³-hybridized carbons (Fsp3) is 0.318. The van der Waals surface area contributed by atoms with Crippen molar-refractivity contribution in [2.75, 3.05) is 19.6 Å². The van der Waals surface area contributed by atoms with Gasteiger partial charge in [-0.05, 0) is 25.0 Å². The lowest BCUT2D eigenvalue weighted by Crippen LogP contribution is -2.43. The van der Waals surface area contributed by atoms with Crippen LogP contribution in [0.15, 0.2) is 58.5 Å². The molecule has 1 N–H and O–H groups in total. The number of nitrogens with one attached hydrogen (secondary N) is 1. The van der Waals surface area contributed by atoms with Crippen LogP contribution in [0, 0.1) is 5.92 Å². The van der Waals surface area contributed by atoms with Gasteiger partial charge in [-0.25, -0.2) is 4.98 Å². The van der Waals surface area contributed by atoms with E-state index < -0.39 is 0 Å². The first-order valence-corrected chi connectivity index (χ1v) is 10.7. The molecule has 7 heteroatoms. The molecule has 6 nitrogen and oxygen atoms in total. The summed E-state index contributed by atoms with van der Waals surface area (Å²) in [6, 6.07) is 13.5. The van der Waals surface area contributed by atoms with E-state index in [0.29, 0.717) is 44.7 Å². The van der Waals surface area contributed by atoms with Gasteiger partial charge >= 0.3 is 0 Å². The van der Waals surface area contributed by atoms with Crippen LogP contribution in [-0.2, 0) is 11.2 Å². The molecule has 29 heavy (non-hydrogen) atoms. The second kappa shape index (κ2) is 9.05. The predicted octanol–water partition coefficient (Wildman–Crippen LogP) is 3.61. The summed E-state index contributed by atoms with van der Waals surface area (Å²) in [6.07, 6.45) is 3.56. The van der Waals surface area contributed by atoms with E-state index in [1.807, 2.05) is 35.7 Å². The number of likely N-dealkylation sites (tertiary alicyclic amines) is 1. The molecule has 1 aliphatic heterocycles. The molecule has 3 aromatic rings. The number of nitrogens with zero attached hydrogens (tertiary/aromatic N) is 2. The van der Waals surface area contributed by atoms with Gasteiger partial charge in [0.25, 0.3) is 5.91 Å². The van der Waals surface area contributed by atoms with E-state index in [4.69, 9.17) is 4.42 Å². The summed E-state index contributed by atoms with van der Waals surface area (Å²) >= 11 is 1.62. The molecule has 0 radical (unpaired) electrons. The highest BCUT2D eigenvalue weighted by atomic mass is 32.1. The lowest BCUT2D eigenvalue weighted by molar-refractivity contribution is -0.126. The summed E-state index contributed by atoms with van der Waals surface area (Å²) in [5.74, 6) is 0.261. The maximum absolute atomic E-state index is 12.5.